The van der Waals surface area contributed by atoms with Gasteiger partial charge in [-0.3, -0.25) is 5.10 Å². The van der Waals surface area contributed by atoms with Crippen LogP contribution in [-0.4, -0.2) is 10.2 Å². The van der Waals surface area contributed by atoms with Crippen LogP contribution in [0.4, 0.5) is 0 Å². The van der Waals surface area contributed by atoms with Crippen LogP contribution in [0.1, 0.15) is 12.5 Å². The number of allylic oxidation sites excluding steroid dienone is 3. The van der Waals surface area contributed by atoms with Crippen LogP contribution in [0.25, 0.3) is 5.57 Å². The van der Waals surface area contributed by atoms with E-state index in [0.29, 0.717) is 0 Å². The molecule has 1 N–H and O–H groups in total. The molecule has 0 aliphatic heterocycles. The molecule has 2 nitrogen and oxygen atoms in total. The Hall–Kier alpha value is -1.31. The van der Waals surface area contributed by atoms with E-state index in [1.54, 1.807) is 6.20 Å². The third-order valence-corrected chi connectivity index (χ3v) is 1.24. The fourth-order valence-electron chi connectivity index (χ4n) is 0.724. The van der Waals surface area contributed by atoms with Gasteiger partial charge in [0.15, 0.2) is 0 Å². The molecule has 52 valence electrons. The number of hydrogen-bond acceptors (Lipinski definition) is 1. The van der Waals surface area contributed by atoms with Crippen molar-refractivity contribution >= 4 is 5.57 Å². The average Bonchev–Trinajstić information content (AvgIpc) is 2.38. The van der Waals surface area contributed by atoms with Gasteiger partial charge in [-0.05, 0) is 12.5 Å². The molecule has 1 rings (SSSR count). The van der Waals surface area contributed by atoms with E-state index in [-0.39, 0.29) is 0 Å². The lowest BCUT2D eigenvalue weighted by atomic mass is 10.1. The van der Waals surface area contributed by atoms with Crippen LogP contribution in [0, 0.1) is 0 Å². The van der Waals surface area contributed by atoms with Gasteiger partial charge in [-0.2, -0.15) is 5.10 Å². The maximum absolute atomic E-state index is 3.84. The molecule has 0 spiro atoms. The van der Waals surface area contributed by atoms with E-state index in [0.717, 1.165) is 11.1 Å². The summed E-state index contributed by atoms with van der Waals surface area (Å²) in [7, 11) is 0. The zero-order valence-corrected chi connectivity index (χ0v) is 5.96. The topological polar surface area (TPSA) is 28.7 Å². The van der Waals surface area contributed by atoms with E-state index in [1.807, 2.05) is 25.3 Å². The minimum absolute atomic E-state index is 0.983. The summed E-state index contributed by atoms with van der Waals surface area (Å²) in [5.41, 5.74) is 2.02. The average molecular weight is 134 g/mol. The molecule has 1 heterocycles. The SMILES string of the molecule is C=C(/C=C\C)c1cn[nH]c1. The number of aromatic amines is 1. The highest BCUT2D eigenvalue weighted by atomic mass is 15.1. The lowest BCUT2D eigenvalue weighted by molar-refractivity contribution is 1.09. The maximum Gasteiger partial charge on any atom is 0.0565 e. The minimum Gasteiger partial charge on any atom is -0.285 e. The van der Waals surface area contributed by atoms with Gasteiger partial charge in [0.25, 0.3) is 0 Å². The highest BCUT2D eigenvalue weighted by molar-refractivity contribution is 5.70. The Kier molecular flexibility index (Phi) is 2.05. The number of rotatable bonds is 2. The highest BCUT2D eigenvalue weighted by Gasteiger charge is 1.92. The van der Waals surface area contributed by atoms with Crippen LogP contribution in [0.15, 0.2) is 31.1 Å². The van der Waals surface area contributed by atoms with Crippen molar-refractivity contribution in [3.05, 3.63) is 36.7 Å². The van der Waals surface area contributed by atoms with Crippen LogP contribution in [0.2, 0.25) is 0 Å². The number of nitrogens with zero attached hydrogens (tertiary/aromatic N) is 1. The van der Waals surface area contributed by atoms with Crippen molar-refractivity contribution in [1.29, 1.82) is 0 Å². The smallest absolute Gasteiger partial charge is 0.0565 e. The second-order valence-electron chi connectivity index (χ2n) is 2.01. The van der Waals surface area contributed by atoms with E-state index < -0.39 is 0 Å². The molecule has 0 fully saturated rings. The Balaban J connectivity index is 2.78. The number of H-pyrrole nitrogens is 1. The minimum atomic E-state index is 0.983. The standard InChI is InChI=1S/C8H10N2/c1-3-4-7(2)8-5-9-10-6-8/h3-6H,2H2,1H3,(H,9,10)/b4-3-. The van der Waals surface area contributed by atoms with E-state index >= 15 is 0 Å². The van der Waals surface area contributed by atoms with Crippen molar-refractivity contribution in [3.8, 4) is 0 Å². The highest BCUT2D eigenvalue weighted by Crippen LogP contribution is 2.09. The lowest BCUT2D eigenvalue weighted by Gasteiger charge is -1.89. The summed E-state index contributed by atoms with van der Waals surface area (Å²) in [6.07, 6.45) is 7.48. The van der Waals surface area contributed by atoms with E-state index in [1.165, 1.54) is 0 Å². The quantitative estimate of drug-likeness (QED) is 0.616. The first-order chi connectivity index (χ1) is 4.84. The zero-order chi connectivity index (χ0) is 7.40. The maximum atomic E-state index is 3.84. The summed E-state index contributed by atoms with van der Waals surface area (Å²) < 4.78 is 0. The van der Waals surface area contributed by atoms with Gasteiger partial charge in [0.2, 0.25) is 0 Å². The molecule has 0 atom stereocenters. The monoisotopic (exact) mass is 134 g/mol. The summed E-state index contributed by atoms with van der Waals surface area (Å²) in [6.45, 7) is 5.80. The van der Waals surface area contributed by atoms with Crippen molar-refractivity contribution in [2.45, 2.75) is 6.92 Å². The van der Waals surface area contributed by atoms with Crippen LogP contribution < -0.4 is 0 Å². The molecule has 0 bridgehead atoms. The van der Waals surface area contributed by atoms with Gasteiger partial charge in [0, 0.05) is 11.8 Å². The van der Waals surface area contributed by atoms with Gasteiger partial charge in [0.05, 0.1) is 6.20 Å². The molecule has 0 amide bonds. The second kappa shape index (κ2) is 3.01. The van der Waals surface area contributed by atoms with Gasteiger partial charge < -0.3 is 0 Å². The van der Waals surface area contributed by atoms with Gasteiger partial charge in [-0.25, -0.2) is 0 Å². The van der Waals surface area contributed by atoms with Gasteiger partial charge >= 0.3 is 0 Å². The number of aromatic nitrogens is 2. The van der Waals surface area contributed by atoms with Crippen LogP contribution in [-0.2, 0) is 0 Å². The number of nitrogens with one attached hydrogen (secondary N) is 1. The van der Waals surface area contributed by atoms with Gasteiger partial charge in [-0.15, -0.1) is 0 Å². The third-order valence-electron chi connectivity index (χ3n) is 1.24. The first-order valence-corrected chi connectivity index (χ1v) is 3.15. The first-order valence-electron chi connectivity index (χ1n) is 3.15. The molecule has 10 heavy (non-hydrogen) atoms. The van der Waals surface area contributed by atoms with Crippen molar-refractivity contribution < 1.29 is 0 Å². The van der Waals surface area contributed by atoms with Crippen LogP contribution in [0.3, 0.4) is 0 Å². The molecule has 0 radical (unpaired) electrons. The van der Waals surface area contributed by atoms with Crippen molar-refractivity contribution in [1.82, 2.24) is 10.2 Å². The summed E-state index contributed by atoms with van der Waals surface area (Å²) in [5.74, 6) is 0. The molecule has 0 unspecified atom stereocenters. The summed E-state index contributed by atoms with van der Waals surface area (Å²) in [5, 5.41) is 6.53. The predicted octanol–water partition coefficient (Wildman–Crippen LogP) is 2.00. The van der Waals surface area contributed by atoms with Crippen LogP contribution >= 0.6 is 0 Å². The van der Waals surface area contributed by atoms with E-state index in [2.05, 4.69) is 16.8 Å². The van der Waals surface area contributed by atoms with Crippen molar-refractivity contribution in [2.75, 3.05) is 0 Å². The molecule has 1 aromatic heterocycles. The van der Waals surface area contributed by atoms with E-state index in [4.69, 9.17) is 0 Å². The Bertz CT molecular complexity index is 232. The fourth-order valence-corrected chi connectivity index (χ4v) is 0.724. The first kappa shape index (κ1) is 6.81. The fraction of sp³-hybridized carbons (Fsp3) is 0.125. The summed E-state index contributed by atoms with van der Waals surface area (Å²) in [4.78, 5) is 0. The Morgan fingerprint density at radius 2 is 2.60 bits per heavy atom. The van der Waals surface area contributed by atoms with Crippen molar-refractivity contribution in [2.24, 2.45) is 0 Å². The summed E-state index contributed by atoms with van der Waals surface area (Å²) in [6, 6.07) is 0. The van der Waals surface area contributed by atoms with Crippen LogP contribution in [0.5, 0.6) is 0 Å². The molecule has 0 saturated carbocycles. The third kappa shape index (κ3) is 1.35. The second-order valence-corrected chi connectivity index (χ2v) is 2.01. The van der Waals surface area contributed by atoms with E-state index in [9.17, 15) is 0 Å². The normalized spacial score (nSPS) is 10.5. The molecule has 0 aliphatic carbocycles. The summed E-state index contributed by atoms with van der Waals surface area (Å²) >= 11 is 0. The molecular weight excluding hydrogens is 124 g/mol. The number of hydrogen-bond donors (Lipinski definition) is 1. The Labute approximate surface area is 60.3 Å². The molecule has 0 saturated heterocycles. The molecule has 1 aromatic rings. The van der Waals surface area contributed by atoms with Gasteiger partial charge in [-0.1, -0.05) is 18.7 Å². The zero-order valence-electron chi connectivity index (χ0n) is 5.96. The van der Waals surface area contributed by atoms with Crippen molar-refractivity contribution in [3.63, 3.8) is 0 Å². The predicted molar refractivity (Wildman–Crippen MR) is 42.4 cm³/mol. The van der Waals surface area contributed by atoms with Gasteiger partial charge in [0.1, 0.15) is 0 Å². The largest absolute Gasteiger partial charge is 0.285 e. The molecular formula is C8H10N2. The Morgan fingerprint density at radius 1 is 1.80 bits per heavy atom. The molecule has 0 aromatic carbocycles. The molecule has 0 aliphatic rings. The molecule has 2 heteroatoms. The Morgan fingerprint density at radius 3 is 3.10 bits per heavy atom. The lowest BCUT2D eigenvalue weighted by Crippen LogP contribution is -1.70.